The molecule has 1 atom stereocenters. The van der Waals surface area contributed by atoms with E-state index >= 15 is 0 Å². The minimum Gasteiger partial charge on any atom is -0.383 e. The van der Waals surface area contributed by atoms with Crippen LogP contribution in [0, 0.1) is 0 Å². The highest BCUT2D eigenvalue weighted by Gasteiger charge is 2.04. The second-order valence-corrected chi connectivity index (χ2v) is 3.92. The van der Waals surface area contributed by atoms with Gasteiger partial charge in [0.05, 0.1) is 18.5 Å². The number of hydrogen-bond donors (Lipinski definition) is 1. The number of hydrogen-bond acceptors (Lipinski definition) is 3. The molecule has 0 bridgehead atoms. The summed E-state index contributed by atoms with van der Waals surface area (Å²) in [5, 5.41) is 3.39. The van der Waals surface area contributed by atoms with Crippen molar-refractivity contribution in [2.45, 2.75) is 19.5 Å². The quantitative estimate of drug-likeness (QED) is 0.827. The molecular formula is C12H17N3O. The molecular weight excluding hydrogens is 202 g/mol. The van der Waals surface area contributed by atoms with E-state index in [-0.39, 0.29) is 0 Å². The first-order valence-corrected chi connectivity index (χ1v) is 5.44. The van der Waals surface area contributed by atoms with Gasteiger partial charge in [-0.05, 0) is 19.1 Å². The molecule has 2 aromatic rings. The van der Waals surface area contributed by atoms with Crippen molar-refractivity contribution in [1.82, 2.24) is 14.7 Å². The average molecular weight is 219 g/mol. The highest BCUT2D eigenvalue weighted by molar-refractivity contribution is 5.39. The van der Waals surface area contributed by atoms with Gasteiger partial charge in [-0.25, -0.2) is 4.98 Å². The van der Waals surface area contributed by atoms with Crippen LogP contribution < -0.4 is 5.32 Å². The third kappa shape index (κ3) is 2.40. The van der Waals surface area contributed by atoms with Crippen molar-refractivity contribution in [1.29, 1.82) is 0 Å². The summed E-state index contributed by atoms with van der Waals surface area (Å²) >= 11 is 0. The van der Waals surface area contributed by atoms with Gasteiger partial charge in [0.15, 0.2) is 0 Å². The van der Waals surface area contributed by atoms with Gasteiger partial charge in [0, 0.05) is 25.9 Å². The third-order valence-electron chi connectivity index (χ3n) is 2.54. The summed E-state index contributed by atoms with van der Waals surface area (Å²) in [6.45, 7) is 3.62. The molecule has 0 saturated heterocycles. The first-order valence-electron chi connectivity index (χ1n) is 5.44. The van der Waals surface area contributed by atoms with Gasteiger partial charge >= 0.3 is 0 Å². The van der Waals surface area contributed by atoms with Crippen molar-refractivity contribution in [2.24, 2.45) is 0 Å². The molecule has 16 heavy (non-hydrogen) atoms. The van der Waals surface area contributed by atoms with Gasteiger partial charge in [-0.1, -0.05) is 6.07 Å². The number of rotatable bonds is 5. The number of methoxy groups -OCH3 is 1. The Morgan fingerprint density at radius 1 is 1.50 bits per heavy atom. The van der Waals surface area contributed by atoms with E-state index in [1.165, 1.54) is 5.69 Å². The van der Waals surface area contributed by atoms with Crippen molar-refractivity contribution >= 4 is 5.65 Å². The van der Waals surface area contributed by atoms with Crippen LogP contribution >= 0.6 is 0 Å². The number of nitrogens with one attached hydrogen (secondary N) is 1. The Kier molecular flexibility index (Phi) is 3.54. The average Bonchev–Trinajstić information content (AvgIpc) is 2.70. The molecule has 0 aliphatic heterocycles. The van der Waals surface area contributed by atoms with E-state index in [4.69, 9.17) is 4.74 Å². The first-order chi connectivity index (χ1) is 7.81. The zero-order valence-corrected chi connectivity index (χ0v) is 9.68. The molecule has 0 saturated carbocycles. The number of fused-ring (bicyclic) bond motifs is 1. The van der Waals surface area contributed by atoms with E-state index in [1.54, 1.807) is 7.11 Å². The van der Waals surface area contributed by atoms with Crippen LogP contribution in [0.15, 0.2) is 30.6 Å². The molecule has 0 aromatic carbocycles. The molecule has 0 radical (unpaired) electrons. The monoisotopic (exact) mass is 219 g/mol. The number of aromatic nitrogens is 2. The number of ether oxygens (including phenoxy) is 1. The van der Waals surface area contributed by atoms with Crippen molar-refractivity contribution < 1.29 is 4.74 Å². The van der Waals surface area contributed by atoms with E-state index in [9.17, 15) is 0 Å². The SMILES string of the molecule is COCC(C)NCc1cnc2ccccn12. The van der Waals surface area contributed by atoms with E-state index in [0.29, 0.717) is 6.04 Å². The maximum absolute atomic E-state index is 5.08. The standard InChI is InChI=1S/C12H17N3O/c1-10(9-16-2)13-7-11-8-14-12-5-3-4-6-15(11)12/h3-6,8,10,13H,7,9H2,1-2H3. The molecule has 0 aliphatic carbocycles. The van der Waals surface area contributed by atoms with Crippen molar-refractivity contribution in [3.8, 4) is 0 Å². The van der Waals surface area contributed by atoms with Crippen molar-refractivity contribution in [3.63, 3.8) is 0 Å². The summed E-state index contributed by atoms with van der Waals surface area (Å²) < 4.78 is 7.17. The van der Waals surface area contributed by atoms with Crippen LogP contribution in [0.25, 0.3) is 5.65 Å². The number of imidazole rings is 1. The predicted molar refractivity (Wildman–Crippen MR) is 63.4 cm³/mol. The minimum atomic E-state index is 0.347. The van der Waals surface area contributed by atoms with E-state index in [1.807, 2.05) is 30.6 Å². The molecule has 4 heteroatoms. The van der Waals surface area contributed by atoms with Gasteiger partial charge in [-0.2, -0.15) is 0 Å². The summed E-state index contributed by atoms with van der Waals surface area (Å²) in [6, 6.07) is 6.35. The molecule has 2 rings (SSSR count). The largest absolute Gasteiger partial charge is 0.383 e. The Morgan fingerprint density at radius 2 is 2.38 bits per heavy atom. The zero-order valence-electron chi connectivity index (χ0n) is 9.68. The lowest BCUT2D eigenvalue weighted by Gasteiger charge is -2.12. The van der Waals surface area contributed by atoms with Gasteiger partial charge in [0.2, 0.25) is 0 Å². The van der Waals surface area contributed by atoms with Gasteiger partial charge in [-0.3, -0.25) is 0 Å². The topological polar surface area (TPSA) is 38.6 Å². The number of pyridine rings is 1. The van der Waals surface area contributed by atoms with Crippen molar-refractivity contribution in [2.75, 3.05) is 13.7 Å². The maximum atomic E-state index is 5.08. The number of nitrogens with zero attached hydrogens (tertiary/aromatic N) is 2. The Balaban J connectivity index is 2.04. The zero-order chi connectivity index (χ0) is 11.4. The molecule has 86 valence electrons. The second-order valence-electron chi connectivity index (χ2n) is 3.92. The Bertz CT molecular complexity index is 452. The second kappa shape index (κ2) is 5.09. The highest BCUT2D eigenvalue weighted by Crippen LogP contribution is 2.05. The summed E-state index contributed by atoms with van der Waals surface area (Å²) in [4.78, 5) is 4.33. The minimum absolute atomic E-state index is 0.347. The van der Waals surface area contributed by atoms with E-state index in [2.05, 4.69) is 21.6 Å². The highest BCUT2D eigenvalue weighted by atomic mass is 16.5. The lowest BCUT2D eigenvalue weighted by atomic mass is 10.3. The molecule has 0 fully saturated rings. The fourth-order valence-electron chi connectivity index (χ4n) is 1.70. The van der Waals surface area contributed by atoms with Crippen LogP contribution in [-0.4, -0.2) is 29.1 Å². The summed E-state index contributed by atoms with van der Waals surface area (Å²) in [5.74, 6) is 0. The first kappa shape index (κ1) is 11.1. The van der Waals surface area contributed by atoms with Gasteiger partial charge in [-0.15, -0.1) is 0 Å². The predicted octanol–water partition coefficient (Wildman–Crippen LogP) is 1.46. The van der Waals surface area contributed by atoms with Crippen LogP contribution in [0.2, 0.25) is 0 Å². The fraction of sp³-hybridized carbons (Fsp3) is 0.417. The Morgan fingerprint density at radius 3 is 3.19 bits per heavy atom. The smallest absolute Gasteiger partial charge is 0.136 e. The van der Waals surface area contributed by atoms with Crippen LogP contribution in [0.5, 0.6) is 0 Å². The maximum Gasteiger partial charge on any atom is 0.136 e. The third-order valence-corrected chi connectivity index (χ3v) is 2.54. The molecule has 1 N–H and O–H groups in total. The normalized spacial score (nSPS) is 13.1. The lowest BCUT2D eigenvalue weighted by Crippen LogP contribution is -2.29. The van der Waals surface area contributed by atoms with Crippen LogP contribution in [0.1, 0.15) is 12.6 Å². The summed E-state index contributed by atoms with van der Waals surface area (Å²) in [6.07, 6.45) is 3.93. The summed E-state index contributed by atoms with van der Waals surface area (Å²) in [7, 11) is 1.71. The van der Waals surface area contributed by atoms with Gasteiger partial charge in [0.25, 0.3) is 0 Å². The van der Waals surface area contributed by atoms with Gasteiger partial charge in [0.1, 0.15) is 5.65 Å². The van der Waals surface area contributed by atoms with E-state index < -0.39 is 0 Å². The molecule has 0 aliphatic rings. The lowest BCUT2D eigenvalue weighted by molar-refractivity contribution is 0.171. The van der Waals surface area contributed by atoms with Crippen molar-refractivity contribution in [3.05, 3.63) is 36.3 Å². The molecule has 1 unspecified atom stereocenters. The Labute approximate surface area is 95.3 Å². The van der Waals surface area contributed by atoms with Gasteiger partial charge < -0.3 is 14.5 Å². The molecule has 0 amide bonds. The van der Waals surface area contributed by atoms with E-state index in [0.717, 1.165) is 18.8 Å². The molecule has 2 aromatic heterocycles. The molecule has 2 heterocycles. The van der Waals surface area contributed by atoms with Crippen LogP contribution in [0.3, 0.4) is 0 Å². The fourth-order valence-corrected chi connectivity index (χ4v) is 1.70. The molecule has 0 spiro atoms. The Hall–Kier alpha value is -1.39. The van der Waals surface area contributed by atoms with Crippen LogP contribution in [0.4, 0.5) is 0 Å². The summed E-state index contributed by atoms with van der Waals surface area (Å²) in [5.41, 5.74) is 2.15. The van der Waals surface area contributed by atoms with Crippen LogP contribution in [-0.2, 0) is 11.3 Å². The molecule has 4 nitrogen and oxygen atoms in total.